The molecule has 1 amide bonds. The van der Waals surface area contributed by atoms with Gasteiger partial charge in [0.25, 0.3) is 0 Å². The van der Waals surface area contributed by atoms with Crippen molar-refractivity contribution in [2.75, 3.05) is 37.9 Å². The Hall–Kier alpha value is -1.89. The Morgan fingerprint density at radius 2 is 2.10 bits per heavy atom. The first-order valence-corrected chi connectivity index (χ1v) is 6.71. The quantitative estimate of drug-likeness (QED) is 0.599. The van der Waals surface area contributed by atoms with Gasteiger partial charge in [-0.3, -0.25) is 4.79 Å². The molecule has 0 spiro atoms. The number of carbonyl (C=O) groups is 1. The van der Waals surface area contributed by atoms with E-state index in [2.05, 4.69) is 20.6 Å². The van der Waals surface area contributed by atoms with E-state index in [1.54, 1.807) is 7.11 Å². The van der Waals surface area contributed by atoms with E-state index in [1.165, 1.54) is 0 Å². The average Bonchev–Trinajstić information content (AvgIpc) is 2.43. The lowest BCUT2D eigenvalue weighted by Gasteiger charge is -2.11. The molecule has 0 aromatic carbocycles. The lowest BCUT2D eigenvalue weighted by molar-refractivity contribution is -0.121. The summed E-state index contributed by atoms with van der Waals surface area (Å²) in [6, 6.07) is 0. The Morgan fingerprint density at radius 3 is 2.75 bits per heavy atom. The Balaban J connectivity index is 2.45. The zero-order valence-corrected chi connectivity index (χ0v) is 12.3. The van der Waals surface area contributed by atoms with Gasteiger partial charge in [0.2, 0.25) is 5.91 Å². The van der Waals surface area contributed by atoms with Crippen molar-refractivity contribution in [2.45, 2.75) is 26.7 Å². The van der Waals surface area contributed by atoms with E-state index in [-0.39, 0.29) is 5.91 Å². The first-order chi connectivity index (χ1) is 9.58. The normalized spacial score (nSPS) is 10.3. The molecule has 1 aromatic heterocycles. The zero-order valence-electron chi connectivity index (χ0n) is 12.3. The summed E-state index contributed by atoms with van der Waals surface area (Å²) < 4.78 is 4.86. The van der Waals surface area contributed by atoms with Crippen LogP contribution in [0.1, 0.15) is 24.7 Å². The van der Waals surface area contributed by atoms with Crippen molar-refractivity contribution < 1.29 is 9.53 Å². The smallest absolute Gasteiger partial charge is 0.221 e. The maximum atomic E-state index is 11.5. The fourth-order valence-electron chi connectivity index (χ4n) is 1.59. The standard InChI is InChI=1S/C13H23N5O2/c1-4-10-17-12(14)9(2)13(18-10)16-6-5-11(19)15-7-8-20-3/h4-8H2,1-3H3,(H,15,19)(H3,14,16,17,18). The van der Waals surface area contributed by atoms with Crippen molar-refractivity contribution in [1.29, 1.82) is 0 Å². The molecule has 20 heavy (non-hydrogen) atoms. The van der Waals surface area contributed by atoms with Crippen LogP contribution in [0.2, 0.25) is 0 Å². The summed E-state index contributed by atoms with van der Waals surface area (Å²) in [7, 11) is 1.60. The lowest BCUT2D eigenvalue weighted by Crippen LogP contribution is -2.28. The second-order valence-electron chi connectivity index (χ2n) is 4.37. The second kappa shape index (κ2) is 8.31. The highest BCUT2D eigenvalue weighted by molar-refractivity contribution is 5.76. The van der Waals surface area contributed by atoms with Gasteiger partial charge in [-0.25, -0.2) is 9.97 Å². The Bertz CT molecular complexity index is 451. The molecule has 0 bridgehead atoms. The first-order valence-electron chi connectivity index (χ1n) is 6.71. The SMILES string of the molecule is CCc1nc(N)c(C)c(NCCC(=O)NCCOC)n1. The molecule has 112 valence electrons. The number of nitrogen functional groups attached to an aromatic ring is 1. The van der Waals surface area contributed by atoms with Gasteiger partial charge in [0.15, 0.2) is 0 Å². The molecule has 0 saturated heterocycles. The predicted octanol–water partition coefficient (Wildman–Crippen LogP) is 0.494. The maximum absolute atomic E-state index is 11.5. The summed E-state index contributed by atoms with van der Waals surface area (Å²) in [5.41, 5.74) is 6.63. The number of aryl methyl sites for hydroxylation is 1. The highest BCUT2D eigenvalue weighted by Crippen LogP contribution is 2.17. The van der Waals surface area contributed by atoms with Gasteiger partial charge < -0.3 is 21.1 Å². The molecule has 0 aliphatic rings. The van der Waals surface area contributed by atoms with Gasteiger partial charge >= 0.3 is 0 Å². The Labute approximate surface area is 119 Å². The first kappa shape index (κ1) is 16.2. The number of hydrogen-bond donors (Lipinski definition) is 3. The van der Waals surface area contributed by atoms with Gasteiger partial charge in [0.1, 0.15) is 17.5 Å². The van der Waals surface area contributed by atoms with E-state index in [4.69, 9.17) is 10.5 Å². The van der Waals surface area contributed by atoms with Crippen molar-refractivity contribution >= 4 is 17.5 Å². The van der Waals surface area contributed by atoms with Crippen LogP contribution in [0.4, 0.5) is 11.6 Å². The largest absolute Gasteiger partial charge is 0.383 e. The molecule has 1 heterocycles. The van der Waals surface area contributed by atoms with Gasteiger partial charge in [-0.2, -0.15) is 0 Å². The van der Waals surface area contributed by atoms with Crippen molar-refractivity contribution in [3.63, 3.8) is 0 Å². The molecule has 1 aromatic rings. The van der Waals surface area contributed by atoms with Gasteiger partial charge in [0, 0.05) is 38.6 Å². The number of rotatable bonds is 8. The minimum absolute atomic E-state index is 0.0232. The summed E-state index contributed by atoms with van der Waals surface area (Å²) in [6.45, 7) is 5.36. The van der Waals surface area contributed by atoms with Crippen LogP contribution in [0, 0.1) is 6.92 Å². The number of aromatic nitrogens is 2. The second-order valence-corrected chi connectivity index (χ2v) is 4.37. The van der Waals surface area contributed by atoms with Crippen LogP contribution < -0.4 is 16.4 Å². The minimum atomic E-state index is -0.0232. The Morgan fingerprint density at radius 1 is 1.35 bits per heavy atom. The summed E-state index contributed by atoms with van der Waals surface area (Å²) in [6.07, 6.45) is 1.09. The van der Waals surface area contributed by atoms with Crippen LogP contribution in [0.3, 0.4) is 0 Å². The molecule has 4 N–H and O–H groups in total. The summed E-state index contributed by atoms with van der Waals surface area (Å²) in [4.78, 5) is 20.1. The molecule has 7 nitrogen and oxygen atoms in total. The number of nitrogens with two attached hydrogens (primary N) is 1. The fourth-order valence-corrected chi connectivity index (χ4v) is 1.59. The number of ether oxygens (including phenoxy) is 1. The number of hydrogen-bond acceptors (Lipinski definition) is 6. The van der Waals surface area contributed by atoms with Crippen LogP contribution in [0.5, 0.6) is 0 Å². The highest BCUT2D eigenvalue weighted by Gasteiger charge is 2.08. The van der Waals surface area contributed by atoms with Crippen LogP contribution in [-0.4, -0.2) is 42.7 Å². The van der Waals surface area contributed by atoms with Crippen molar-refractivity contribution in [1.82, 2.24) is 15.3 Å². The van der Waals surface area contributed by atoms with Gasteiger partial charge in [0.05, 0.1) is 6.61 Å². The number of anilines is 2. The van der Waals surface area contributed by atoms with E-state index in [0.29, 0.717) is 43.6 Å². The summed E-state index contributed by atoms with van der Waals surface area (Å²) >= 11 is 0. The van der Waals surface area contributed by atoms with Crippen LogP contribution in [-0.2, 0) is 16.0 Å². The van der Waals surface area contributed by atoms with Crippen LogP contribution >= 0.6 is 0 Å². The zero-order chi connectivity index (χ0) is 15.0. The molecule has 0 saturated carbocycles. The van der Waals surface area contributed by atoms with Crippen molar-refractivity contribution in [3.05, 3.63) is 11.4 Å². The van der Waals surface area contributed by atoms with Crippen LogP contribution in [0.25, 0.3) is 0 Å². The molecule has 0 radical (unpaired) electrons. The molecule has 7 heteroatoms. The molecule has 1 rings (SSSR count). The number of nitrogens with one attached hydrogen (secondary N) is 2. The van der Waals surface area contributed by atoms with Crippen molar-refractivity contribution in [3.8, 4) is 0 Å². The van der Waals surface area contributed by atoms with E-state index in [9.17, 15) is 4.79 Å². The van der Waals surface area contributed by atoms with E-state index in [0.717, 1.165) is 12.0 Å². The molecule has 0 aliphatic carbocycles. The summed E-state index contributed by atoms with van der Waals surface area (Å²) in [5, 5.41) is 5.88. The van der Waals surface area contributed by atoms with E-state index < -0.39 is 0 Å². The van der Waals surface area contributed by atoms with Crippen LogP contribution in [0.15, 0.2) is 0 Å². The van der Waals surface area contributed by atoms with Crippen molar-refractivity contribution in [2.24, 2.45) is 0 Å². The van der Waals surface area contributed by atoms with Gasteiger partial charge in [-0.1, -0.05) is 6.92 Å². The molecular formula is C13H23N5O2. The number of methoxy groups -OCH3 is 1. The minimum Gasteiger partial charge on any atom is -0.383 e. The highest BCUT2D eigenvalue weighted by atomic mass is 16.5. The lowest BCUT2D eigenvalue weighted by atomic mass is 10.3. The number of amides is 1. The van der Waals surface area contributed by atoms with E-state index >= 15 is 0 Å². The third-order valence-electron chi connectivity index (χ3n) is 2.82. The molecule has 0 aliphatic heterocycles. The number of carbonyl (C=O) groups excluding carboxylic acids is 1. The fraction of sp³-hybridized carbons (Fsp3) is 0.615. The third kappa shape index (κ3) is 5.00. The van der Waals surface area contributed by atoms with Gasteiger partial charge in [-0.15, -0.1) is 0 Å². The molecular weight excluding hydrogens is 258 g/mol. The maximum Gasteiger partial charge on any atom is 0.221 e. The molecule has 0 atom stereocenters. The van der Waals surface area contributed by atoms with E-state index in [1.807, 2.05) is 13.8 Å². The monoisotopic (exact) mass is 281 g/mol. The molecule has 0 fully saturated rings. The topological polar surface area (TPSA) is 102 Å². The summed E-state index contributed by atoms with van der Waals surface area (Å²) in [5.74, 6) is 1.84. The predicted molar refractivity (Wildman–Crippen MR) is 78.6 cm³/mol. The average molecular weight is 281 g/mol. The molecule has 0 unspecified atom stereocenters. The van der Waals surface area contributed by atoms with Gasteiger partial charge in [-0.05, 0) is 6.92 Å². The number of nitrogens with zero attached hydrogens (tertiary/aromatic N) is 2. The third-order valence-corrected chi connectivity index (χ3v) is 2.82. The Kier molecular flexibility index (Phi) is 6.72.